The molecular weight excluding hydrogens is 283 g/mol. The molecule has 2 rings (SSSR count). The molecule has 0 aliphatic heterocycles. The van der Waals surface area contributed by atoms with Crippen molar-refractivity contribution in [3.05, 3.63) is 63.1 Å². The Labute approximate surface area is 122 Å². The van der Waals surface area contributed by atoms with Crippen molar-refractivity contribution >= 4 is 23.2 Å². The fraction of sp³-hybridized carbons (Fsp3) is 0.200. The number of aliphatic hydroxyl groups is 1. The van der Waals surface area contributed by atoms with E-state index in [0.29, 0.717) is 26.9 Å². The number of aryl methyl sites for hydroxylation is 1. The van der Waals surface area contributed by atoms with Crippen LogP contribution in [-0.2, 0) is 0 Å². The number of hydrogen-bond acceptors (Lipinski definition) is 2. The lowest BCUT2D eigenvalue weighted by atomic mass is 10.0. The first kappa shape index (κ1) is 14.2. The second-order valence-corrected chi connectivity index (χ2v) is 5.14. The molecule has 2 nitrogen and oxygen atoms in total. The number of rotatable bonds is 3. The summed E-state index contributed by atoms with van der Waals surface area (Å²) in [6.07, 6.45) is -0.809. The first-order valence-corrected chi connectivity index (χ1v) is 6.56. The fourth-order valence-corrected chi connectivity index (χ4v) is 2.49. The van der Waals surface area contributed by atoms with Crippen LogP contribution in [0, 0.1) is 6.92 Å². The SMILES string of the molecule is COc1ccc(C(O)c2ccc(C)cc2Cl)cc1Cl. The maximum Gasteiger partial charge on any atom is 0.137 e. The van der Waals surface area contributed by atoms with Crippen molar-refractivity contribution in [2.75, 3.05) is 7.11 Å². The van der Waals surface area contributed by atoms with Gasteiger partial charge in [0.1, 0.15) is 11.9 Å². The average Bonchev–Trinajstić information content (AvgIpc) is 2.38. The summed E-state index contributed by atoms with van der Waals surface area (Å²) < 4.78 is 5.09. The zero-order valence-electron chi connectivity index (χ0n) is 10.7. The fourth-order valence-electron chi connectivity index (χ4n) is 1.89. The van der Waals surface area contributed by atoms with E-state index in [4.69, 9.17) is 27.9 Å². The Morgan fingerprint density at radius 2 is 1.79 bits per heavy atom. The second-order valence-electron chi connectivity index (χ2n) is 4.32. The van der Waals surface area contributed by atoms with Crippen molar-refractivity contribution < 1.29 is 9.84 Å². The lowest BCUT2D eigenvalue weighted by Crippen LogP contribution is -2.01. The lowest BCUT2D eigenvalue weighted by Gasteiger charge is -2.15. The van der Waals surface area contributed by atoms with Gasteiger partial charge in [-0.1, -0.05) is 41.4 Å². The molecule has 1 unspecified atom stereocenters. The molecule has 1 atom stereocenters. The van der Waals surface area contributed by atoms with Crippen LogP contribution in [-0.4, -0.2) is 12.2 Å². The van der Waals surface area contributed by atoms with Crippen LogP contribution in [0.5, 0.6) is 5.75 Å². The zero-order chi connectivity index (χ0) is 14.0. The van der Waals surface area contributed by atoms with Gasteiger partial charge >= 0.3 is 0 Å². The van der Waals surface area contributed by atoms with Crippen molar-refractivity contribution in [3.63, 3.8) is 0 Å². The summed E-state index contributed by atoms with van der Waals surface area (Å²) in [4.78, 5) is 0. The predicted molar refractivity (Wildman–Crippen MR) is 78.3 cm³/mol. The number of benzene rings is 2. The van der Waals surface area contributed by atoms with Gasteiger partial charge in [-0.05, 0) is 36.2 Å². The monoisotopic (exact) mass is 296 g/mol. The maximum atomic E-state index is 10.4. The lowest BCUT2D eigenvalue weighted by molar-refractivity contribution is 0.220. The molecule has 4 heteroatoms. The molecule has 2 aromatic rings. The van der Waals surface area contributed by atoms with Crippen molar-refractivity contribution in [2.24, 2.45) is 0 Å². The number of hydrogen-bond donors (Lipinski definition) is 1. The zero-order valence-corrected chi connectivity index (χ0v) is 12.2. The maximum absolute atomic E-state index is 10.4. The Balaban J connectivity index is 2.38. The minimum Gasteiger partial charge on any atom is -0.495 e. The summed E-state index contributed by atoms with van der Waals surface area (Å²) in [6.45, 7) is 1.95. The third-order valence-corrected chi connectivity index (χ3v) is 3.56. The van der Waals surface area contributed by atoms with Gasteiger partial charge < -0.3 is 9.84 Å². The molecule has 0 aliphatic carbocycles. The van der Waals surface area contributed by atoms with Crippen LogP contribution in [0.1, 0.15) is 22.8 Å². The Kier molecular flexibility index (Phi) is 4.35. The van der Waals surface area contributed by atoms with Gasteiger partial charge in [0, 0.05) is 10.6 Å². The molecule has 0 aromatic heterocycles. The second kappa shape index (κ2) is 5.83. The third kappa shape index (κ3) is 3.03. The molecular formula is C15H14Cl2O2. The van der Waals surface area contributed by atoms with Gasteiger partial charge in [-0.15, -0.1) is 0 Å². The van der Waals surface area contributed by atoms with E-state index < -0.39 is 6.10 Å². The number of halogens is 2. The van der Waals surface area contributed by atoms with Crippen LogP contribution in [0.2, 0.25) is 10.0 Å². The molecule has 0 aliphatic rings. The summed E-state index contributed by atoms with van der Waals surface area (Å²) >= 11 is 12.2. The quantitative estimate of drug-likeness (QED) is 0.910. The highest BCUT2D eigenvalue weighted by atomic mass is 35.5. The van der Waals surface area contributed by atoms with Crippen LogP contribution in [0.4, 0.5) is 0 Å². The van der Waals surface area contributed by atoms with Gasteiger partial charge in [-0.2, -0.15) is 0 Å². The molecule has 0 spiro atoms. The summed E-state index contributed by atoms with van der Waals surface area (Å²) in [5, 5.41) is 11.4. The van der Waals surface area contributed by atoms with E-state index in [1.807, 2.05) is 25.1 Å². The highest BCUT2D eigenvalue weighted by Crippen LogP contribution is 2.33. The summed E-state index contributed by atoms with van der Waals surface area (Å²) in [5.74, 6) is 0.576. The van der Waals surface area contributed by atoms with Gasteiger partial charge in [0.05, 0.1) is 12.1 Å². The van der Waals surface area contributed by atoms with Crippen molar-refractivity contribution in [3.8, 4) is 5.75 Å². The van der Waals surface area contributed by atoms with Crippen molar-refractivity contribution in [1.29, 1.82) is 0 Å². The summed E-state index contributed by atoms with van der Waals surface area (Å²) in [7, 11) is 1.55. The molecule has 0 bridgehead atoms. The van der Waals surface area contributed by atoms with Crippen LogP contribution in [0.3, 0.4) is 0 Å². The Morgan fingerprint density at radius 1 is 1.05 bits per heavy atom. The van der Waals surface area contributed by atoms with Gasteiger partial charge in [-0.3, -0.25) is 0 Å². The van der Waals surface area contributed by atoms with Gasteiger partial charge in [0.15, 0.2) is 0 Å². The van der Waals surface area contributed by atoms with Crippen LogP contribution in [0.25, 0.3) is 0 Å². The molecule has 0 amide bonds. The Hall–Kier alpha value is -1.22. The number of aliphatic hydroxyl groups excluding tert-OH is 1. The van der Waals surface area contributed by atoms with E-state index in [2.05, 4.69) is 0 Å². The molecule has 0 saturated carbocycles. The van der Waals surface area contributed by atoms with Crippen molar-refractivity contribution in [2.45, 2.75) is 13.0 Å². The first-order valence-electron chi connectivity index (χ1n) is 5.80. The smallest absolute Gasteiger partial charge is 0.137 e. The largest absolute Gasteiger partial charge is 0.495 e. The van der Waals surface area contributed by atoms with Crippen LogP contribution >= 0.6 is 23.2 Å². The van der Waals surface area contributed by atoms with Crippen LogP contribution < -0.4 is 4.74 Å². The summed E-state index contributed by atoms with van der Waals surface area (Å²) in [5.41, 5.74) is 2.39. The minimum absolute atomic E-state index is 0.460. The number of methoxy groups -OCH3 is 1. The van der Waals surface area contributed by atoms with E-state index >= 15 is 0 Å². The molecule has 0 heterocycles. The Morgan fingerprint density at radius 3 is 2.37 bits per heavy atom. The van der Waals surface area contributed by atoms with E-state index in [-0.39, 0.29) is 0 Å². The average molecular weight is 297 g/mol. The normalized spacial score (nSPS) is 12.3. The molecule has 2 aromatic carbocycles. The highest BCUT2D eigenvalue weighted by Gasteiger charge is 2.15. The molecule has 0 fully saturated rings. The molecule has 1 N–H and O–H groups in total. The Bertz CT molecular complexity index is 597. The first-order chi connectivity index (χ1) is 9.02. The molecule has 100 valence electrons. The molecule has 0 saturated heterocycles. The van der Waals surface area contributed by atoms with Gasteiger partial charge in [0.25, 0.3) is 0 Å². The van der Waals surface area contributed by atoms with E-state index in [0.717, 1.165) is 5.56 Å². The van der Waals surface area contributed by atoms with Gasteiger partial charge in [-0.25, -0.2) is 0 Å². The predicted octanol–water partition coefficient (Wildman–Crippen LogP) is 4.39. The molecule has 0 radical (unpaired) electrons. The van der Waals surface area contributed by atoms with E-state index in [1.165, 1.54) is 0 Å². The van der Waals surface area contributed by atoms with Crippen LogP contribution in [0.15, 0.2) is 36.4 Å². The standard InChI is InChI=1S/C15H14Cl2O2/c1-9-3-5-11(12(16)7-9)15(18)10-4-6-14(19-2)13(17)8-10/h3-8,15,18H,1-2H3. The minimum atomic E-state index is -0.809. The third-order valence-electron chi connectivity index (χ3n) is 2.94. The van der Waals surface area contributed by atoms with Crippen molar-refractivity contribution in [1.82, 2.24) is 0 Å². The topological polar surface area (TPSA) is 29.5 Å². The number of ether oxygens (including phenoxy) is 1. The van der Waals surface area contributed by atoms with E-state index in [1.54, 1.807) is 25.3 Å². The van der Waals surface area contributed by atoms with Gasteiger partial charge in [0.2, 0.25) is 0 Å². The summed E-state index contributed by atoms with van der Waals surface area (Å²) in [6, 6.07) is 10.7. The van der Waals surface area contributed by atoms with E-state index in [9.17, 15) is 5.11 Å². The molecule has 19 heavy (non-hydrogen) atoms. The highest BCUT2D eigenvalue weighted by molar-refractivity contribution is 6.32.